The average molecular weight is 388 g/mol. The molecule has 27 heavy (non-hydrogen) atoms. The lowest BCUT2D eigenvalue weighted by Crippen LogP contribution is -2.24. The van der Waals surface area contributed by atoms with Crippen LogP contribution in [-0.4, -0.2) is 19.1 Å². The molecule has 0 aliphatic rings. The van der Waals surface area contributed by atoms with E-state index in [0.717, 1.165) is 30.2 Å². The highest BCUT2D eigenvalue weighted by Crippen LogP contribution is 2.21. The first-order valence-corrected chi connectivity index (χ1v) is 10.3. The van der Waals surface area contributed by atoms with E-state index in [1.54, 1.807) is 0 Å². The highest BCUT2D eigenvalue weighted by Gasteiger charge is 2.10. The lowest BCUT2D eigenvalue weighted by molar-refractivity contribution is 0.0526. The third-order valence-electron chi connectivity index (χ3n) is 4.56. The van der Waals surface area contributed by atoms with E-state index in [-0.39, 0.29) is 5.97 Å². The maximum absolute atomic E-state index is 11.9. The molecule has 0 unspecified atom stereocenters. The van der Waals surface area contributed by atoms with Crippen molar-refractivity contribution in [1.82, 2.24) is 0 Å². The Hall–Kier alpha value is -2.00. The summed E-state index contributed by atoms with van der Waals surface area (Å²) in [5.74, 6) is -0.270. The Morgan fingerprint density at radius 2 is 1.59 bits per heavy atom. The van der Waals surface area contributed by atoms with Gasteiger partial charge in [0, 0.05) is 23.8 Å². The number of rotatable bonds is 11. The van der Waals surface area contributed by atoms with Crippen LogP contribution in [0.1, 0.15) is 61.9 Å². The van der Waals surface area contributed by atoms with E-state index in [4.69, 9.17) is 16.3 Å². The van der Waals surface area contributed by atoms with Crippen LogP contribution in [0.15, 0.2) is 48.5 Å². The van der Waals surface area contributed by atoms with Crippen molar-refractivity contribution in [2.75, 3.05) is 18.1 Å². The predicted molar refractivity (Wildman–Crippen MR) is 114 cm³/mol. The van der Waals surface area contributed by atoms with Gasteiger partial charge in [0.05, 0.1) is 12.2 Å². The zero-order chi connectivity index (χ0) is 19.5. The van der Waals surface area contributed by atoms with Gasteiger partial charge in [0.25, 0.3) is 0 Å². The van der Waals surface area contributed by atoms with Gasteiger partial charge in [-0.15, -0.1) is 0 Å². The number of carbonyl (C=O) groups is 1. The molecule has 0 bridgehead atoms. The summed E-state index contributed by atoms with van der Waals surface area (Å²) >= 11 is 6.01. The van der Waals surface area contributed by atoms with Crippen LogP contribution < -0.4 is 4.90 Å². The van der Waals surface area contributed by atoms with Crippen LogP contribution in [0.5, 0.6) is 0 Å². The van der Waals surface area contributed by atoms with Gasteiger partial charge in [0.2, 0.25) is 0 Å². The third kappa shape index (κ3) is 7.26. The fourth-order valence-electron chi connectivity index (χ4n) is 3.04. The van der Waals surface area contributed by atoms with Gasteiger partial charge in [-0.05, 0) is 55.3 Å². The van der Waals surface area contributed by atoms with Gasteiger partial charge in [-0.2, -0.15) is 0 Å². The van der Waals surface area contributed by atoms with Gasteiger partial charge in [-0.1, -0.05) is 56.3 Å². The zero-order valence-electron chi connectivity index (χ0n) is 16.4. The minimum atomic E-state index is -0.270. The SMILES string of the molecule is CCCCCCCN(Cc1ccc(Cl)cc1)c1ccc(C(=O)OCC)cc1. The van der Waals surface area contributed by atoms with Gasteiger partial charge in [0.15, 0.2) is 0 Å². The van der Waals surface area contributed by atoms with Crippen molar-refractivity contribution in [3.05, 3.63) is 64.7 Å². The van der Waals surface area contributed by atoms with Crippen LogP contribution in [-0.2, 0) is 11.3 Å². The molecule has 0 heterocycles. The molecular formula is C23H30ClNO2. The Bertz CT molecular complexity index is 683. The Labute approximate surface area is 168 Å². The van der Waals surface area contributed by atoms with Gasteiger partial charge < -0.3 is 9.64 Å². The molecule has 3 nitrogen and oxygen atoms in total. The molecule has 4 heteroatoms. The fraction of sp³-hybridized carbons (Fsp3) is 0.435. The smallest absolute Gasteiger partial charge is 0.338 e. The molecule has 0 amide bonds. The second-order valence-electron chi connectivity index (χ2n) is 6.73. The maximum Gasteiger partial charge on any atom is 0.338 e. The van der Waals surface area contributed by atoms with Crippen LogP contribution in [0.25, 0.3) is 0 Å². The molecule has 2 aromatic rings. The quantitative estimate of drug-likeness (QED) is 0.326. The molecule has 0 atom stereocenters. The van der Waals surface area contributed by atoms with Crippen LogP contribution in [0.4, 0.5) is 5.69 Å². The summed E-state index contributed by atoms with van der Waals surface area (Å²) in [5, 5.41) is 0.753. The van der Waals surface area contributed by atoms with Crippen molar-refractivity contribution in [3.8, 4) is 0 Å². The Kier molecular flexibility index (Phi) is 9.20. The van der Waals surface area contributed by atoms with E-state index < -0.39 is 0 Å². The largest absolute Gasteiger partial charge is 0.462 e. The van der Waals surface area contributed by atoms with E-state index in [2.05, 4.69) is 24.0 Å². The van der Waals surface area contributed by atoms with Gasteiger partial charge in [-0.25, -0.2) is 4.79 Å². The van der Waals surface area contributed by atoms with E-state index in [1.807, 2.05) is 43.3 Å². The highest BCUT2D eigenvalue weighted by atomic mass is 35.5. The topological polar surface area (TPSA) is 29.5 Å². The molecular weight excluding hydrogens is 358 g/mol. The highest BCUT2D eigenvalue weighted by molar-refractivity contribution is 6.30. The second-order valence-corrected chi connectivity index (χ2v) is 7.17. The molecule has 2 rings (SSSR count). The number of halogens is 1. The summed E-state index contributed by atoms with van der Waals surface area (Å²) in [6.07, 6.45) is 6.24. The van der Waals surface area contributed by atoms with Crippen LogP contribution >= 0.6 is 11.6 Å². The van der Waals surface area contributed by atoms with E-state index in [9.17, 15) is 4.79 Å². The number of anilines is 1. The first kappa shape index (κ1) is 21.3. The number of benzene rings is 2. The Morgan fingerprint density at radius 3 is 2.22 bits per heavy atom. The number of hydrogen-bond donors (Lipinski definition) is 0. The van der Waals surface area contributed by atoms with E-state index in [1.165, 1.54) is 31.2 Å². The van der Waals surface area contributed by atoms with Crippen molar-refractivity contribution in [3.63, 3.8) is 0 Å². The van der Waals surface area contributed by atoms with Crippen molar-refractivity contribution >= 4 is 23.3 Å². The molecule has 0 radical (unpaired) electrons. The van der Waals surface area contributed by atoms with Crippen LogP contribution in [0.3, 0.4) is 0 Å². The number of nitrogens with zero attached hydrogens (tertiary/aromatic N) is 1. The average Bonchev–Trinajstić information content (AvgIpc) is 2.69. The maximum atomic E-state index is 11.9. The monoisotopic (exact) mass is 387 g/mol. The number of ether oxygens (including phenoxy) is 1. The molecule has 146 valence electrons. The van der Waals surface area contributed by atoms with Gasteiger partial charge >= 0.3 is 5.97 Å². The first-order valence-electron chi connectivity index (χ1n) is 9.90. The molecule has 0 saturated heterocycles. The summed E-state index contributed by atoms with van der Waals surface area (Å²) in [6, 6.07) is 15.7. The number of carbonyl (C=O) groups excluding carboxylic acids is 1. The molecule has 2 aromatic carbocycles. The Balaban J connectivity index is 2.07. The van der Waals surface area contributed by atoms with Crippen molar-refractivity contribution in [1.29, 1.82) is 0 Å². The van der Waals surface area contributed by atoms with Gasteiger partial charge in [-0.3, -0.25) is 0 Å². The molecule has 0 N–H and O–H groups in total. The van der Waals surface area contributed by atoms with Crippen LogP contribution in [0.2, 0.25) is 5.02 Å². The number of esters is 1. The fourth-order valence-corrected chi connectivity index (χ4v) is 3.16. The standard InChI is InChI=1S/C23H30ClNO2/c1-3-5-6-7-8-17-25(18-19-9-13-21(24)14-10-19)22-15-11-20(12-16-22)23(26)27-4-2/h9-16H,3-8,17-18H2,1-2H3. The van der Waals surface area contributed by atoms with E-state index in [0.29, 0.717) is 12.2 Å². The summed E-state index contributed by atoms with van der Waals surface area (Å²) < 4.78 is 5.07. The van der Waals surface area contributed by atoms with Crippen molar-refractivity contribution in [2.45, 2.75) is 52.5 Å². The molecule has 0 saturated carbocycles. The number of unbranched alkanes of at least 4 members (excludes halogenated alkanes) is 4. The number of hydrogen-bond acceptors (Lipinski definition) is 3. The zero-order valence-corrected chi connectivity index (χ0v) is 17.2. The lowest BCUT2D eigenvalue weighted by Gasteiger charge is -2.25. The van der Waals surface area contributed by atoms with E-state index >= 15 is 0 Å². The summed E-state index contributed by atoms with van der Waals surface area (Å²) in [7, 11) is 0. The van der Waals surface area contributed by atoms with Crippen molar-refractivity contribution < 1.29 is 9.53 Å². The molecule has 0 fully saturated rings. The normalized spacial score (nSPS) is 10.6. The molecule has 0 spiro atoms. The molecule has 0 aromatic heterocycles. The minimum absolute atomic E-state index is 0.270. The van der Waals surface area contributed by atoms with Gasteiger partial charge in [0.1, 0.15) is 0 Å². The summed E-state index contributed by atoms with van der Waals surface area (Å²) in [6.45, 7) is 6.26. The molecule has 0 aliphatic carbocycles. The predicted octanol–water partition coefficient (Wildman–Crippen LogP) is 6.49. The molecule has 0 aliphatic heterocycles. The van der Waals surface area contributed by atoms with Crippen molar-refractivity contribution in [2.24, 2.45) is 0 Å². The lowest BCUT2D eigenvalue weighted by atomic mass is 10.1. The third-order valence-corrected chi connectivity index (χ3v) is 4.81. The summed E-state index contributed by atoms with van der Waals surface area (Å²) in [5.41, 5.74) is 2.94. The second kappa shape index (κ2) is 11.7. The minimum Gasteiger partial charge on any atom is -0.462 e. The van der Waals surface area contributed by atoms with Crippen LogP contribution in [0, 0.1) is 0 Å². The first-order chi connectivity index (χ1) is 13.1. The Morgan fingerprint density at radius 1 is 0.926 bits per heavy atom. The summed E-state index contributed by atoms with van der Waals surface area (Å²) in [4.78, 5) is 14.2.